The van der Waals surface area contributed by atoms with Gasteiger partial charge in [-0.1, -0.05) is 24.6 Å². The van der Waals surface area contributed by atoms with Gasteiger partial charge < -0.3 is 0 Å². The van der Waals surface area contributed by atoms with Crippen LogP contribution in [0.3, 0.4) is 0 Å². The van der Waals surface area contributed by atoms with E-state index in [1.54, 1.807) is 6.92 Å². The van der Waals surface area contributed by atoms with Crippen LogP contribution in [0, 0.1) is 5.41 Å². The Balaban J connectivity index is 4.86. The SMILES string of the molecule is C=C(C)CC(C=CC)(CC)C(C)=O. The van der Waals surface area contributed by atoms with Crippen molar-refractivity contribution in [3.8, 4) is 0 Å². The maximum atomic E-state index is 11.5. The third-order valence-electron chi connectivity index (χ3n) is 2.43. The minimum Gasteiger partial charge on any atom is -0.299 e. The van der Waals surface area contributed by atoms with Crippen molar-refractivity contribution < 1.29 is 4.79 Å². The minimum absolute atomic E-state index is 0.233. The van der Waals surface area contributed by atoms with E-state index in [-0.39, 0.29) is 11.2 Å². The molecule has 0 bridgehead atoms. The molecule has 0 heterocycles. The molecule has 0 spiro atoms. The van der Waals surface area contributed by atoms with E-state index < -0.39 is 0 Å². The van der Waals surface area contributed by atoms with Crippen molar-refractivity contribution >= 4 is 5.78 Å². The first-order valence-corrected chi connectivity index (χ1v) is 4.77. The number of hydrogen-bond acceptors (Lipinski definition) is 1. The molecule has 0 aromatic rings. The Morgan fingerprint density at radius 2 is 2.00 bits per heavy atom. The molecule has 1 atom stereocenters. The second-order valence-corrected chi connectivity index (χ2v) is 3.70. The summed E-state index contributed by atoms with van der Waals surface area (Å²) in [5, 5.41) is 0. The average Bonchev–Trinajstić information content (AvgIpc) is 2.02. The van der Waals surface area contributed by atoms with E-state index in [9.17, 15) is 4.79 Å². The highest BCUT2D eigenvalue weighted by Gasteiger charge is 2.29. The second-order valence-electron chi connectivity index (χ2n) is 3.70. The zero-order valence-electron chi connectivity index (χ0n) is 9.18. The maximum absolute atomic E-state index is 11.5. The number of ketones is 1. The van der Waals surface area contributed by atoms with Crippen LogP contribution in [-0.2, 0) is 4.79 Å². The Hall–Kier alpha value is -0.850. The molecule has 1 heteroatoms. The van der Waals surface area contributed by atoms with E-state index in [4.69, 9.17) is 0 Å². The van der Waals surface area contributed by atoms with Gasteiger partial charge >= 0.3 is 0 Å². The van der Waals surface area contributed by atoms with E-state index in [0.717, 1.165) is 18.4 Å². The van der Waals surface area contributed by atoms with Crippen molar-refractivity contribution in [2.45, 2.75) is 40.5 Å². The molecule has 0 N–H and O–H groups in total. The van der Waals surface area contributed by atoms with Crippen LogP contribution in [0.4, 0.5) is 0 Å². The normalized spacial score (nSPS) is 15.7. The van der Waals surface area contributed by atoms with E-state index in [1.165, 1.54) is 0 Å². The van der Waals surface area contributed by atoms with Crippen molar-refractivity contribution in [2.24, 2.45) is 5.41 Å². The molecule has 13 heavy (non-hydrogen) atoms. The summed E-state index contributed by atoms with van der Waals surface area (Å²) in [6, 6.07) is 0. The Labute approximate surface area is 81.5 Å². The van der Waals surface area contributed by atoms with Crippen LogP contribution in [0.2, 0.25) is 0 Å². The van der Waals surface area contributed by atoms with Crippen LogP contribution in [0.1, 0.15) is 40.5 Å². The van der Waals surface area contributed by atoms with Crippen LogP contribution in [0.5, 0.6) is 0 Å². The van der Waals surface area contributed by atoms with E-state index in [1.807, 2.05) is 32.9 Å². The molecule has 0 fully saturated rings. The van der Waals surface area contributed by atoms with Gasteiger partial charge in [-0.3, -0.25) is 4.79 Å². The van der Waals surface area contributed by atoms with Gasteiger partial charge in [-0.05, 0) is 33.6 Å². The summed E-state index contributed by atoms with van der Waals surface area (Å²) in [7, 11) is 0. The number of allylic oxidation sites excluding steroid dienone is 3. The number of rotatable bonds is 5. The molecule has 0 aliphatic heterocycles. The molecule has 1 nitrogen and oxygen atoms in total. The van der Waals surface area contributed by atoms with Crippen molar-refractivity contribution in [1.82, 2.24) is 0 Å². The summed E-state index contributed by atoms with van der Waals surface area (Å²) < 4.78 is 0. The fraction of sp³-hybridized carbons (Fsp3) is 0.583. The highest BCUT2D eigenvalue weighted by atomic mass is 16.1. The molecule has 0 rings (SSSR count). The zero-order chi connectivity index (χ0) is 10.5. The Bertz CT molecular complexity index is 225. The number of hydrogen-bond donors (Lipinski definition) is 0. The molecule has 0 aliphatic rings. The van der Waals surface area contributed by atoms with Gasteiger partial charge in [0.25, 0.3) is 0 Å². The van der Waals surface area contributed by atoms with Gasteiger partial charge in [-0.2, -0.15) is 0 Å². The van der Waals surface area contributed by atoms with Crippen LogP contribution >= 0.6 is 0 Å². The third-order valence-corrected chi connectivity index (χ3v) is 2.43. The lowest BCUT2D eigenvalue weighted by Crippen LogP contribution is -2.26. The van der Waals surface area contributed by atoms with Crippen LogP contribution in [-0.4, -0.2) is 5.78 Å². The summed E-state index contributed by atoms with van der Waals surface area (Å²) in [6.45, 7) is 11.5. The molecule has 0 saturated heterocycles. The number of carbonyl (C=O) groups excluding carboxylic acids is 1. The summed E-state index contributed by atoms with van der Waals surface area (Å²) in [5.41, 5.74) is 0.760. The van der Waals surface area contributed by atoms with Crippen LogP contribution < -0.4 is 0 Å². The highest BCUT2D eigenvalue weighted by molar-refractivity contribution is 5.84. The molecule has 0 aromatic carbocycles. The van der Waals surface area contributed by atoms with Gasteiger partial charge in [0.2, 0.25) is 0 Å². The van der Waals surface area contributed by atoms with Crippen molar-refractivity contribution in [2.75, 3.05) is 0 Å². The molecule has 0 radical (unpaired) electrons. The van der Waals surface area contributed by atoms with E-state index in [2.05, 4.69) is 6.58 Å². The van der Waals surface area contributed by atoms with E-state index >= 15 is 0 Å². The quantitative estimate of drug-likeness (QED) is 0.592. The summed E-state index contributed by atoms with van der Waals surface area (Å²) in [4.78, 5) is 11.5. The molecular formula is C12H20O. The van der Waals surface area contributed by atoms with Gasteiger partial charge in [0.1, 0.15) is 5.78 Å². The Morgan fingerprint density at radius 3 is 2.23 bits per heavy atom. The number of carbonyl (C=O) groups is 1. The van der Waals surface area contributed by atoms with Gasteiger partial charge in [-0.15, -0.1) is 6.58 Å². The van der Waals surface area contributed by atoms with Gasteiger partial charge in [-0.25, -0.2) is 0 Å². The van der Waals surface area contributed by atoms with Crippen molar-refractivity contribution in [3.05, 3.63) is 24.3 Å². The second kappa shape index (κ2) is 5.00. The fourth-order valence-corrected chi connectivity index (χ4v) is 1.65. The average molecular weight is 180 g/mol. The lowest BCUT2D eigenvalue weighted by Gasteiger charge is -2.26. The van der Waals surface area contributed by atoms with Crippen molar-refractivity contribution in [1.29, 1.82) is 0 Å². The minimum atomic E-state index is -0.305. The lowest BCUT2D eigenvalue weighted by atomic mass is 9.76. The first-order valence-electron chi connectivity index (χ1n) is 4.77. The smallest absolute Gasteiger partial charge is 0.140 e. The summed E-state index contributed by atoms with van der Waals surface area (Å²) in [6.07, 6.45) is 5.57. The highest BCUT2D eigenvalue weighted by Crippen LogP contribution is 2.32. The Kier molecular flexibility index (Phi) is 4.68. The molecule has 0 aromatic heterocycles. The van der Waals surface area contributed by atoms with Crippen molar-refractivity contribution in [3.63, 3.8) is 0 Å². The number of Topliss-reactive ketones (excluding diaryl/α,β-unsaturated/α-hetero) is 1. The van der Waals surface area contributed by atoms with Gasteiger partial charge in [0.05, 0.1) is 0 Å². The molecular weight excluding hydrogens is 160 g/mol. The zero-order valence-corrected chi connectivity index (χ0v) is 9.18. The predicted octanol–water partition coefficient (Wildman–Crippen LogP) is 3.51. The molecule has 1 unspecified atom stereocenters. The first kappa shape index (κ1) is 12.2. The van der Waals surface area contributed by atoms with Gasteiger partial charge in [0.15, 0.2) is 0 Å². The van der Waals surface area contributed by atoms with E-state index in [0.29, 0.717) is 0 Å². The topological polar surface area (TPSA) is 17.1 Å². The Morgan fingerprint density at radius 1 is 1.46 bits per heavy atom. The molecule has 74 valence electrons. The molecule has 0 aliphatic carbocycles. The van der Waals surface area contributed by atoms with Gasteiger partial charge in [0, 0.05) is 5.41 Å². The third kappa shape index (κ3) is 3.17. The predicted molar refractivity (Wildman–Crippen MR) is 57.7 cm³/mol. The molecule has 0 amide bonds. The maximum Gasteiger partial charge on any atom is 0.140 e. The first-order chi connectivity index (χ1) is 5.98. The van der Waals surface area contributed by atoms with Crippen LogP contribution in [0.25, 0.3) is 0 Å². The monoisotopic (exact) mass is 180 g/mol. The lowest BCUT2D eigenvalue weighted by molar-refractivity contribution is -0.124. The fourth-order valence-electron chi connectivity index (χ4n) is 1.65. The largest absolute Gasteiger partial charge is 0.299 e. The molecule has 0 saturated carbocycles. The summed E-state index contributed by atoms with van der Waals surface area (Å²) in [5.74, 6) is 0.233. The summed E-state index contributed by atoms with van der Waals surface area (Å²) >= 11 is 0. The van der Waals surface area contributed by atoms with Crippen LogP contribution in [0.15, 0.2) is 24.3 Å². The standard InChI is InChI=1S/C12H20O/c1-6-8-12(7-2,11(5)13)9-10(3)4/h6,8H,3,7,9H2,1-2,4-5H3.